The molecule has 2 aliphatic heterocycles. The molecule has 33 heavy (non-hydrogen) atoms. The molecule has 0 aliphatic carbocycles. The highest BCUT2D eigenvalue weighted by molar-refractivity contribution is 6.40. The van der Waals surface area contributed by atoms with E-state index in [4.69, 9.17) is 27.9 Å². The Morgan fingerprint density at radius 2 is 2.03 bits per heavy atom. The first-order valence-corrected chi connectivity index (χ1v) is 10.9. The summed E-state index contributed by atoms with van der Waals surface area (Å²) in [7, 11) is 1.99. The zero-order valence-electron chi connectivity index (χ0n) is 17.5. The van der Waals surface area contributed by atoms with Crippen molar-refractivity contribution in [3.63, 3.8) is 0 Å². The van der Waals surface area contributed by atoms with Gasteiger partial charge in [-0.1, -0.05) is 35.3 Å². The maximum atomic E-state index is 13.0. The maximum Gasteiger partial charge on any atom is 0.268 e. The average Bonchev–Trinajstić information content (AvgIpc) is 2.79. The van der Waals surface area contributed by atoms with Gasteiger partial charge in [0, 0.05) is 25.0 Å². The van der Waals surface area contributed by atoms with Crippen LogP contribution in [-0.2, 0) is 6.54 Å². The number of likely N-dealkylation sites (N-methyl/N-ethyl adjacent to an activating group) is 1. The van der Waals surface area contributed by atoms with Crippen LogP contribution in [0.5, 0.6) is 5.88 Å². The molecule has 0 saturated carbocycles. The molecular formula is C23H18Cl2N6O2. The van der Waals surface area contributed by atoms with Gasteiger partial charge in [0.25, 0.3) is 5.91 Å². The van der Waals surface area contributed by atoms with E-state index in [1.165, 1.54) is 11.1 Å². The van der Waals surface area contributed by atoms with Crippen molar-refractivity contribution in [2.75, 3.05) is 30.5 Å². The first kappa shape index (κ1) is 21.5. The predicted molar refractivity (Wildman–Crippen MR) is 125 cm³/mol. The smallest absolute Gasteiger partial charge is 0.268 e. The SMILES string of the molecule is CN1Cc2cc(Nc3ncc4c(n3)OCN(c3c(Cl)cccc3Cl)C4=O)ccc2C(C#N)C1. The minimum atomic E-state index is -0.350. The number of nitrogens with one attached hydrogen (secondary N) is 1. The van der Waals surface area contributed by atoms with Gasteiger partial charge in [-0.05, 0) is 42.4 Å². The van der Waals surface area contributed by atoms with Crippen LogP contribution in [0.1, 0.15) is 27.4 Å². The molecule has 1 unspecified atom stereocenters. The number of aromatic nitrogens is 2. The molecular weight excluding hydrogens is 463 g/mol. The standard InChI is InChI=1S/C23H18Cl2N6O2/c1-30-10-13-7-15(5-6-16(13)14(8-26)11-30)28-23-27-9-17-21(29-23)33-12-31(22(17)32)20-18(24)3-2-4-19(20)25/h2-7,9,14H,10-12H2,1H3,(H,27,28,29). The molecule has 0 radical (unpaired) electrons. The lowest BCUT2D eigenvalue weighted by atomic mass is 9.90. The fourth-order valence-corrected chi connectivity index (χ4v) is 4.69. The summed E-state index contributed by atoms with van der Waals surface area (Å²) in [6.45, 7) is 1.39. The minimum absolute atomic E-state index is 0.0769. The number of nitrogens with zero attached hydrogens (tertiary/aromatic N) is 5. The zero-order chi connectivity index (χ0) is 23.1. The molecule has 8 nitrogen and oxygen atoms in total. The summed E-state index contributed by atoms with van der Waals surface area (Å²) in [5.74, 6) is -0.0233. The van der Waals surface area contributed by atoms with Crippen molar-refractivity contribution in [2.24, 2.45) is 0 Å². The Balaban J connectivity index is 1.39. The lowest BCUT2D eigenvalue weighted by Gasteiger charge is -2.29. The van der Waals surface area contributed by atoms with E-state index in [0.29, 0.717) is 28.2 Å². The van der Waals surface area contributed by atoms with Crippen LogP contribution in [0.4, 0.5) is 17.3 Å². The Hall–Kier alpha value is -3.38. The minimum Gasteiger partial charge on any atom is -0.455 e. The van der Waals surface area contributed by atoms with Crippen LogP contribution >= 0.6 is 23.2 Å². The maximum absolute atomic E-state index is 13.0. The first-order chi connectivity index (χ1) is 15.9. The summed E-state index contributed by atoms with van der Waals surface area (Å²) in [4.78, 5) is 25.2. The summed E-state index contributed by atoms with van der Waals surface area (Å²) < 4.78 is 5.74. The van der Waals surface area contributed by atoms with Crippen molar-refractivity contribution >= 4 is 46.4 Å². The second-order valence-electron chi connectivity index (χ2n) is 7.91. The molecule has 0 fully saturated rings. The van der Waals surface area contributed by atoms with E-state index in [1.54, 1.807) is 18.2 Å². The van der Waals surface area contributed by atoms with Crippen LogP contribution in [0, 0.1) is 11.3 Å². The third-order valence-corrected chi connectivity index (χ3v) is 6.24. The van der Waals surface area contributed by atoms with Crippen molar-refractivity contribution in [3.8, 4) is 11.9 Å². The van der Waals surface area contributed by atoms with Crippen molar-refractivity contribution < 1.29 is 9.53 Å². The number of ether oxygens (including phenoxy) is 1. The normalized spacial score (nSPS) is 17.6. The molecule has 3 heterocycles. The quantitative estimate of drug-likeness (QED) is 0.586. The topological polar surface area (TPSA) is 94.4 Å². The summed E-state index contributed by atoms with van der Waals surface area (Å²) in [6, 6.07) is 13.2. The second kappa shape index (κ2) is 8.52. The van der Waals surface area contributed by atoms with Gasteiger partial charge < -0.3 is 15.0 Å². The van der Waals surface area contributed by atoms with Crippen LogP contribution in [0.25, 0.3) is 0 Å². The highest BCUT2D eigenvalue weighted by Gasteiger charge is 2.31. The predicted octanol–water partition coefficient (Wildman–Crippen LogP) is 4.58. The van der Waals surface area contributed by atoms with Crippen molar-refractivity contribution in [1.82, 2.24) is 14.9 Å². The molecule has 5 rings (SSSR count). The molecule has 0 bridgehead atoms. The number of fused-ring (bicyclic) bond motifs is 2. The van der Waals surface area contributed by atoms with Crippen molar-refractivity contribution in [1.29, 1.82) is 5.26 Å². The van der Waals surface area contributed by atoms with E-state index in [0.717, 1.165) is 23.4 Å². The van der Waals surface area contributed by atoms with Gasteiger partial charge in [0.1, 0.15) is 5.56 Å². The lowest BCUT2D eigenvalue weighted by molar-refractivity contribution is 0.0932. The Morgan fingerprint density at radius 3 is 2.79 bits per heavy atom. The van der Waals surface area contributed by atoms with Gasteiger partial charge >= 0.3 is 0 Å². The summed E-state index contributed by atoms with van der Waals surface area (Å²) in [5.41, 5.74) is 3.50. The summed E-state index contributed by atoms with van der Waals surface area (Å²) in [6.07, 6.45) is 1.42. The van der Waals surface area contributed by atoms with E-state index in [2.05, 4.69) is 26.3 Å². The zero-order valence-corrected chi connectivity index (χ0v) is 19.1. The van der Waals surface area contributed by atoms with Crippen LogP contribution in [0.2, 0.25) is 10.0 Å². The fraction of sp³-hybridized carbons (Fsp3) is 0.217. The molecule has 166 valence electrons. The number of amides is 1. The highest BCUT2D eigenvalue weighted by Crippen LogP contribution is 2.37. The summed E-state index contributed by atoms with van der Waals surface area (Å²) in [5, 5.41) is 13.3. The molecule has 0 spiro atoms. The molecule has 0 saturated heterocycles. The summed E-state index contributed by atoms with van der Waals surface area (Å²) >= 11 is 12.5. The lowest BCUT2D eigenvalue weighted by Crippen LogP contribution is -2.39. The van der Waals surface area contributed by atoms with Gasteiger partial charge in [-0.25, -0.2) is 4.98 Å². The number of hydrogen-bond donors (Lipinski definition) is 1. The third kappa shape index (κ3) is 3.95. The van der Waals surface area contributed by atoms with Gasteiger partial charge in [-0.3, -0.25) is 9.69 Å². The molecule has 1 aromatic heterocycles. The number of benzene rings is 2. The molecule has 1 N–H and O–H groups in total. The molecule has 1 amide bonds. The van der Waals surface area contributed by atoms with Gasteiger partial charge in [0.2, 0.25) is 11.8 Å². The van der Waals surface area contributed by atoms with Crippen LogP contribution in [0.3, 0.4) is 0 Å². The number of rotatable bonds is 3. The first-order valence-electron chi connectivity index (χ1n) is 10.2. The van der Waals surface area contributed by atoms with Crippen LogP contribution < -0.4 is 15.0 Å². The largest absolute Gasteiger partial charge is 0.455 e. The Kier molecular flexibility index (Phi) is 5.54. The molecule has 3 aromatic rings. The Morgan fingerprint density at radius 1 is 1.24 bits per heavy atom. The van der Waals surface area contributed by atoms with Crippen LogP contribution in [-0.4, -0.2) is 41.1 Å². The van der Waals surface area contributed by atoms with Crippen LogP contribution in [0.15, 0.2) is 42.6 Å². The van der Waals surface area contributed by atoms with Gasteiger partial charge in [0.05, 0.1) is 27.7 Å². The number of hydrogen-bond acceptors (Lipinski definition) is 7. The Bertz CT molecular complexity index is 1290. The van der Waals surface area contributed by atoms with Gasteiger partial charge in [0.15, 0.2) is 6.73 Å². The van der Waals surface area contributed by atoms with E-state index in [9.17, 15) is 10.1 Å². The number of carbonyl (C=O) groups excluding carboxylic acids is 1. The molecule has 2 aliphatic rings. The van der Waals surface area contributed by atoms with E-state index in [1.807, 2.05) is 25.2 Å². The number of anilines is 3. The number of halogens is 2. The van der Waals surface area contributed by atoms with E-state index in [-0.39, 0.29) is 30.0 Å². The highest BCUT2D eigenvalue weighted by atomic mass is 35.5. The number of nitriles is 1. The van der Waals surface area contributed by atoms with Crippen molar-refractivity contribution in [2.45, 2.75) is 12.5 Å². The molecule has 10 heteroatoms. The molecule has 2 aromatic carbocycles. The average molecular weight is 481 g/mol. The van der Waals surface area contributed by atoms with E-state index >= 15 is 0 Å². The fourth-order valence-electron chi connectivity index (χ4n) is 4.09. The number of carbonyl (C=O) groups is 1. The van der Waals surface area contributed by atoms with Crippen molar-refractivity contribution in [3.05, 3.63) is 69.3 Å². The second-order valence-corrected chi connectivity index (χ2v) is 8.72. The number of para-hydroxylation sites is 1. The monoisotopic (exact) mass is 480 g/mol. The van der Waals surface area contributed by atoms with E-state index < -0.39 is 0 Å². The molecule has 1 atom stereocenters. The Labute approximate surface area is 200 Å². The van der Waals surface area contributed by atoms with Gasteiger partial charge in [-0.15, -0.1) is 0 Å². The van der Waals surface area contributed by atoms with Gasteiger partial charge in [-0.2, -0.15) is 10.2 Å². The third-order valence-electron chi connectivity index (χ3n) is 5.63.